The molecule has 1 aromatic heterocycles. The summed E-state index contributed by atoms with van der Waals surface area (Å²) in [6.07, 6.45) is 2.39. The zero-order valence-electron chi connectivity index (χ0n) is 16.5. The van der Waals surface area contributed by atoms with Gasteiger partial charge in [-0.05, 0) is 24.1 Å². The van der Waals surface area contributed by atoms with Crippen molar-refractivity contribution in [1.82, 2.24) is 14.3 Å². The molecular weight excluding hydrogens is 396 g/mol. The summed E-state index contributed by atoms with van der Waals surface area (Å²) < 4.78 is 43.7. The second-order valence-corrected chi connectivity index (χ2v) is 8.78. The Morgan fingerprint density at radius 2 is 1.83 bits per heavy atom. The van der Waals surface area contributed by atoms with Crippen molar-refractivity contribution in [3.05, 3.63) is 35.7 Å². The first-order valence-corrected chi connectivity index (χ1v) is 10.9. The lowest BCUT2D eigenvalue weighted by molar-refractivity contribution is 0.122. The molecule has 2 aliphatic rings. The number of fused-ring (bicyclic) bond motifs is 1. The van der Waals surface area contributed by atoms with Crippen LogP contribution >= 0.6 is 0 Å². The van der Waals surface area contributed by atoms with E-state index in [4.69, 9.17) is 14.2 Å². The second kappa shape index (κ2) is 8.13. The Hall–Kier alpha value is -2.43. The van der Waals surface area contributed by atoms with Crippen LogP contribution in [0, 0.1) is 0 Å². The van der Waals surface area contributed by atoms with Gasteiger partial charge >= 0.3 is 0 Å². The minimum atomic E-state index is -3.70. The monoisotopic (exact) mass is 420 g/mol. The number of hydrogen-bond donors (Lipinski definition) is 0. The molecule has 0 aliphatic carbocycles. The first-order valence-electron chi connectivity index (χ1n) is 9.42. The van der Waals surface area contributed by atoms with Gasteiger partial charge in [0, 0.05) is 31.9 Å². The van der Waals surface area contributed by atoms with Crippen LogP contribution in [-0.4, -0.2) is 69.8 Å². The van der Waals surface area contributed by atoms with Crippen molar-refractivity contribution in [1.29, 1.82) is 0 Å². The van der Waals surface area contributed by atoms with Gasteiger partial charge in [0.05, 0.1) is 44.6 Å². The van der Waals surface area contributed by atoms with Crippen molar-refractivity contribution < 1.29 is 22.6 Å². The molecule has 0 unspecified atom stereocenters. The Morgan fingerprint density at radius 3 is 2.55 bits per heavy atom. The van der Waals surface area contributed by atoms with Crippen LogP contribution in [0.3, 0.4) is 0 Å². The molecule has 2 aromatic rings. The first kappa shape index (κ1) is 19.9. The van der Waals surface area contributed by atoms with Crippen molar-refractivity contribution in [3.8, 4) is 11.5 Å². The van der Waals surface area contributed by atoms with E-state index in [9.17, 15) is 8.42 Å². The van der Waals surface area contributed by atoms with Gasteiger partial charge in [-0.25, -0.2) is 18.4 Å². The van der Waals surface area contributed by atoms with Crippen LogP contribution in [0.5, 0.6) is 11.5 Å². The summed E-state index contributed by atoms with van der Waals surface area (Å²) in [4.78, 5) is 11.4. The third kappa shape index (κ3) is 3.87. The second-order valence-electron chi connectivity index (χ2n) is 6.85. The predicted molar refractivity (Wildman–Crippen MR) is 106 cm³/mol. The largest absolute Gasteiger partial charge is 0.493 e. The molecule has 3 heterocycles. The Balaban J connectivity index is 1.60. The lowest BCUT2D eigenvalue weighted by Gasteiger charge is -2.30. The molecule has 0 amide bonds. The number of anilines is 1. The molecule has 1 fully saturated rings. The zero-order valence-corrected chi connectivity index (χ0v) is 17.3. The van der Waals surface area contributed by atoms with Crippen LogP contribution in [0.4, 0.5) is 5.95 Å². The molecule has 156 valence electrons. The van der Waals surface area contributed by atoms with Crippen molar-refractivity contribution in [2.75, 3.05) is 52.0 Å². The standard InChI is InChI=1S/C19H24N4O5S/c1-26-17-4-3-15(11-18(17)27-2)29(24,25)23-6-5-14-12-20-19(21-16(14)13-23)22-7-9-28-10-8-22/h3-4,11-12H,5-10,13H2,1-2H3. The number of methoxy groups -OCH3 is 2. The lowest BCUT2D eigenvalue weighted by atomic mass is 10.1. The molecular formula is C19H24N4O5S. The summed E-state index contributed by atoms with van der Waals surface area (Å²) in [5.74, 6) is 1.48. The first-order chi connectivity index (χ1) is 14.0. The average Bonchev–Trinajstić information content (AvgIpc) is 2.78. The number of benzene rings is 1. The molecule has 1 saturated heterocycles. The van der Waals surface area contributed by atoms with Gasteiger partial charge in [-0.1, -0.05) is 0 Å². The summed E-state index contributed by atoms with van der Waals surface area (Å²) in [6.45, 7) is 3.33. The van der Waals surface area contributed by atoms with Crippen molar-refractivity contribution in [3.63, 3.8) is 0 Å². The van der Waals surface area contributed by atoms with E-state index < -0.39 is 10.0 Å². The number of hydrogen-bond acceptors (Lipinski definition) is 8. The third-order valence-corrected chi connectivity index (χ3v) is 7.03. The molecule has 0 saturated carbocycles. The normalized spacial score (nSPS) is 17.7. The Morgan fingerprint density at radius 1 is 1.07 bits per heavy atom. The summed E-state index contributed by atoms with van der Waals surface area (Å²) in [5, 5.41) is 0. The van der Waals surface area contributed by atoms with Crippen molar-refractivity contribution >= 4 is 16.0 Å². The minimum absolute atomic E-state index is 0.168. The SMILES string of the molecule is COc1ccc(S(=O)(=O)N2CCc3cnc(N4CCOCC4)nc3C2)cc1OC. The Kier molecular flexibility index (Phi) is 5.57. The maximum atomic E-state index is 13.2. The summed E-state index contributed by atoms with van der Waals surface area (Å²) in [7, 11) is -0.701. The van der Waals surface area contributed by atoms with Gasteiger partial charge < -0.3 is 19.1 Å². The average molecular weight is 420 g/mol. The third-order valence-electron chi connectivity index (χ3n) is 5.18. The molecule has 0 radical (unpaired) electrons. The van der Waals surface area contributed by atoms with E-state index >= 15 is 0 Å². The van der Waals surface area contributed by atoms with Gasteiger partial charge in [-0.2, -0.15) is 4.31 Å². The molecule has 4 rings (SSSR count). The smallest absolute Gasteiger partial charge is 0.243 e. The molecule has 29 heavy (non-hydrogen) atoms. The molecule has 10 heteroatoms. The highest BCUT2D eigenvalue weighted by Gasteiger charge is 2.30. The highest BCUT2D eigenvalue weighted by Crippen LogP contribution is 2.32. The summed E-state index contributed by atoms with van der Waals surface area (Å²) >= 11 is 0. The van der Waals surface area contributed by atoms with E-state index in [1.807, 2.05) is 6.20 Å². The van der Waals surface area contributed by atoms with Gasteiger partial charge in [0.2, 0.25) is 16.0 Å². The van der Waals surface area contributed by atoms with Crippen LogP contribution in [-0.2, 0) is 27.7 Å². The number of aromatic nitrogens is 2. The lowest BCUT2D eigenvalue weighted by Crippen LogP contribution is -2.39. The van der Waals surface area contributed by atoms with Crippen LogP contribution in [0.2, 0.25) is 0 Å². The maximum Gasteiger partial charge on any atom is 0.243 e. The number of sulfonamides is 1. The molecule has 2 aliphatic heterocycles. The molecule has 0 N–H and O–H groups in total. The highest BCUT2D eigenvalue weighted by molar-refractivity contribution is 7.89. The quantitative estimate of drug-likeness (QED) is 0.709. The van der Waals surface area contributed by atoms with Crippen LogP contribution in [0.1, 0.15) is 11.3 Å². The topological polar surface area (TPSA) is 94.1 Å². The van der Waals surface area contributed by atoms with E-state index in [1.54, 1.807) is 6.07 Å². The minimum Gasteiger partial charge on any atom is -0.493 e. The molecule has 0 bridgehead atoms. The summed E-state index contributed by atoms with van der Waals surface area (Å²) in [6, 6.07) is 4.62. The highest BCUT2D eigenvalue weighted by atomic mass is 32.2. The number of rotatable bonds is 5. The van der Waals surface area contributed by atoms with Crippen molar-refractivity contribution in [2.45, 2.75) is 17.9 Å². The molecule has 0 spiro atoms. The molecule has 1 aromatic carbocycles. The van der Waals surface area contributed by atoms with Gasteiger partial charge in [0.25, 0.3) is 0 Å². The van der Waals surface area contributed by atoms with Gasteiger partial charge in [-0.3, -0.25) is 0 Å². The number of nitrogens with zero attached hydrogens (tertiary/aromatic N) is 4. The van der Waals surface area contributed by atoms with Crippen LogP contribution in [0.25, 0.3) is 0 Å². The molecule has 9 nitrogen and oxygen atoms in total. The zero-order chi connectivity index (χ0) is 20.4. The van der Waals surface area contributed by atoms with E-state index in [-0.39, 0.29) is 11.4 Å². The fourth-order valence-corrected chi connectivity index (χ4v) is 4.93. The van der Waals surface area contributed by atoms with Gasteiger partial charge in [0.1, 0.15) is 0 Å². The van der Waals surface area contributed by atoms with Crippen molar-refractivity contribution in [2.24, 2.45) is 0 Å². The fraction of sp³-hybridized carbons (Fsp3) is 0.474. The van der Waals surface area contributed by atoms with E-state index in [2.05, 4.69) is 14.9 Å². The van der Waals surface area contributed by atoms with E-state index in [0.717, 1.165) is 24.3 Å². The maximum absolute atomic E-state index is 13.2. The van der Waals surface area contributed by atoms with E-state index in [0.29, 0.717) is 43.6 Å². The van der Waals surface area contributed by atoms with Crippen LogP contribution < -0.4 is 14.4 Å². The Labute approximate surface area is 170 Å². The number of morpholine rings is 1. The Bertz CT molecular complexity index is 992. The van der Waals surface area contributed by atoms with Gasteiger partial charge in [-0.15, -0.1) is 0 Å². The van der Waals surface area contributed by atoms with E-state index in [1.165, 1.54) is 30.7 Å². The van der Waals surface area contributed by atoms with Crippen LogP contribution in [0.15, 0.2) is 29.3 Å². The summed E-state index contributed by atoms with van der Waals surface area (Å²) in [5.41, 5.74) is 1.73. The number of ether oxygens (including phenoxy) is 3. The fourth-order valence-electron chi connectivity index (χ4n) is 3.52. The predicted octanol–water partition coefficient (Wildman–Crippen LogP) is 1.08. The molecule has 0 atom stereocenters. The van der Waals surface area contributed by atoms with Gasteiger partial charge in [0.15, 0.2) is 11.5 Å².